The van der Waals surface area contributed by atoms with Crippen LogP contribution in [-0.2, 0) is 6.54 Å². The van der Waals surface area contributed by atoms with Crippen LogP contribution in [0.3, 0.4) is 0 Å². The Morgan fingerprint density at radius 3 is 2.65 bits per heavy atom. The van der Waals surface area contributed by atoms with E-state index in [1.165, 1.54) is 11.8 Å². The van der Waals surface area contributed by atoms with Crippen LogP contribution in [-0.4, -0.2) is 35.5 Å². The van der Waals surface area contributed by atoms with Crippen molar-refractivity contribution in [2.24, 2.45) is 11.1 Å². The van der Waals surface area contributed by atoms with E-state index in [0.717, 1.165) is 17.7 Å². The highest BCUT2D eigenvalue weighted by Crippen LogP contribution is 2.45. The lowest BCUT2D eigenvalue weighted by Crippen LogP contribution is -2.64. The Morgan fingerprint density at radius 2 is 2.05 bits per heavy atom. The maximum absolute atomic E-state index is 13.9. The van der Waals surface area contributed by atoms with Gasteiger partial charge in [0.2, 0.25) is 0 Å². The third-order valence-electron chi connectivity index (χ3n) is 4.91. The Labute approximate surface area is 125 Å². The van der Waals surface area contributed by atoms with E-state index in [9.17, 15) is 4.39 Å². The van der Waals surface area contributed by atoms with Crippen LogP contribution in [0.15, 0.2) is 24.3 Å². The molecule has 1 fully saturated rings. The lowest BCUT2D eigenvalue weighted by molar-refractivity contribution is 0.0142. The van der Waals surface area contributed by atoms with Crippen LogP contribution in [0.5, 0.6) is 0 Å². The van der Waals surface area contributed by atoms with E-state index in [2.05, 4.69) is 25.8 Å². The van der Waals surface area contributed by atoms with Gasteiger partial charge in [-0.3, -0.25) is 4.90 Å². The number of nitrogens with zero attached hydrogens (tertiary/aromatic N) is 1. The fourth-order valence-electron chi connectivity index (χ4n) is 3.15. The average Bonchev–Trinajstić information content (AvgIpc) is 2.41. The predicted molar refractivity (Wildman–Crippen MR) is 85.4 cm³/mol. The van der Waals surface area contributed by atoms with Crippen molar-refractivity contribution in [1.82, 2.24) is 4.90 Å². The van der Waals surface area contributed by atoms with E-state index in [1.54, 1.807) is 6.07 Å². The molecule has 1 aliphatic rings. The molecule has 112 valence electrons. The van der Waals surface area contributed by atoms with Gasteiger partial charge in [-0.15, -0.1) is 0 Å². The second kappa shape index (κ2) is 6.04. The van der Waals surface area contributed by atoms with Gasteiger partial charge in [-0.25, -0.2) is 4.39 Å². The van der Waals surface area contributed by atoms with Crippen LogP contribution < -0.4 is 5.73 Å². The van der Waals surface area contributed by atoms with Gasteiger partial charge in [0.25, 0.3) is 0 Å². The summed E-state index contributed by atoms with van der Waals surface area (Å²) in [5.74, 6) is 2.07. The first-order valence-electron chi connectivity index (χ1n) is 7.15. The monoisotopic (exact) mass is 296 g/mol. The zero-order valence-electron chi connectivity index (χ0n) is 12.7. The zero-order chi connectivity index (χ0) is 14.8. The molecule has 2 rings (SSSR count). The first kappa shape index (κ1) is 15.8. The molecule has 2 N–H and O–H groups in total. The molecule has 20 heavy (non-hydrogen) atoms. The molecular weight excluding hydrogens is 271 g/mol. The van der Waals surface area contributed by atoms with Crippen molar-refractivity contribution < 1.29 is 4.39 Å². The minimum Gasteiger partial charge on any atom is -0.329 e. The van der Waals surface area contributed by atoms with Gasteiger partial charge < -0.3 is 5.73 Å². The third-order valence-corrected chi connectivity index (χ3v) is 6.08. The van der Waals surface area contributed by atoms with Crippen molar-refractivity contribution in [1.29, 1.82) is 0 Å². The molecule has 4 heteroatoms. The molecule has 1 unspecified atom stereocenters. The molecule has 0 bridgehead atoms. The van der Waals surface area contributed by atoms with Gasteiger partial charge in [-0.05, 0) is 30.7 Å². The first-order valence-corrected chi connectivity index (χ1v) is 8.31. The standard InChI is InChI=1S/C16H25FN2S/c1-15(2)8-9-20-12-16(15,11-18)19(3)10-13-6-4-5-7-14(13)17/h4-7H,8-12,18H2,1-3H3. The van der Waals surface area contributed by atoms with Crippen molar-refractivity contribution in [2.75, 3.05) is 25.1 Å². The lowest BCUT2D eigenvalue weighted by atomic mass is 9.69. The van der Waals surface area contributed by atoms with E-state index < -0.39 is 0 Å². The molecule has 0 amide bonds. The van der Waals surface area contributed by atoms with Gasteiger partial charge in [0.15, 0.2) is 0 Å². The summed E-state index contributed by atoms with van der Waals surface area (Å²) in [7, 11) is 2.08. The number of hydrogen-bond donors (Lipinski definition) is 1. The molecule has 0 saturated carbocycles. The lowest BCUT2D eigenvalue weighted by Gasteiger charge is -2.54. The number of nitrogens with two attached hydrogens (primary N) is 1. The molecule has 0 radical (unpaired) electrons. The summed E-state index contributed by atoms with van der Waals surface area (Å²) in [5.41, 5.74) is 6.98. The summed E-state index contributed by atoms with van der Waals surface area (Å²) in [6.45, 7) is 5.79. The Morgan fingerprint density at radius 1 is 1.35 bits per heavy atom. The summed E-state index contributed by atoms with van der Waals surface area (Å²) in [4.78, 5) is 2.26. The first-order chi connectivity index (χ1) is 9.43. The van der Waals surface area contributed by atoms with E-state index in [4.69, 9.17) is 5.73 Å². The predicted octanol–water partition coefficient (Wildman–Crippen LogP) is 3.12. The highest BCUT2D eigenvalue weighted by molar-refractivity contribution is 7.99. The summed E-state index contributed by atoms with van der Waals surface area (Å²) in [5, 5.41) is 0. The van der Waals surface area contributed by atoms with Gasteiger partial charge in [-0.1, -0.05) is 32.0 Å². The minimum atomic E-state index is -0.132. The molecule has 0 aliphatic carbocycles. The second-order valence-electron chi connectivity index (χ2n) is 6.37. The molecule has 1 saturated heterocycles. The van der Waals surface area contributed by atoms with Crippen molar-refractivity contribution in [2.45, 2.75) is 32.4 Å². The smallest absolute Gasteiger partial charge is 0.127 e. The quantitative estimate of drug-likeness (QED) is 0.925. The summed E-state index contributed by atoms with van der Waals surface area (Å²) >= 11 is 1.96. The van der Waals surface area contributed by atoms with E-state index in [0.29, 0.717) is 13.1 Å². The molecule has 0 spiro atoms. The topological polar surface area (TPSA) is 29.3 Å². The van der Waals surface area contributed by atoms with Crippen LogP contribution in [0.4, 0.5) is 4.39 Å². The van der Waals surface area contributed by atoms with Crippen LogP contribution in [0, 0.1) is 11.2 Å². The van der Waals surface area contributed by atoms with Gasteiger partial charge in [-0.2, -0.15) is 11.8 Å². The summed E-state index contributed by atoms with van der Waals surface area (Å²) in [6, 6.07) is 7.01. The van der Waals surface area contributed by atoms with Crippen LogP contribution in [0.1, 0.15) is 25.8 Å². The Bertz CT molecular complexity index is 464. The number of benzene rings is 1. The van der Waals surface area contributed by atoms with E-state index in [-0.39, 0.29) is 16.8 Å². The van der Waals surface area contributed by atoms with Crippen molar-refractivity contribution >= 4 is 11.8 Å². The Kier molecular flexibility index (Phi) is 4.77. The highest BCUT2D eigenvalue weighted by Gasteiger charge is 2.48. The van der Waals surface area contributed by atoms with Crippen molar-refractivity contribution in [3.8, 4) is 0 Å². The maximum Gasteiger partial charge on any atom is 0.127 e. The summed E-state index contributed by atoms with van der Waals surface area (Å²) < 4.78 is 13.9. The van der Waals surface area contributed by atoms with E-state index in [1.807, 2.05) is 23.9 Å². The minimum absolute atomic E-state index is 0.0712. The average molecular weight is 296 g/mol. The van der Waals surface area contributed by atoms with E-state index >= 15 is 0 Å². The van der Waals surface area contributed by atoms with Crippen LogP contribution in [0.25, 0.3) is 0 Å². The van der Waals surface area contributed by atoms with Crippen molar-refractivity contribution in [3.05, 3.63) is 35.6 Å². The maximum atomic E-state index is 13.9. The molecule has 1 heterocycles. The molecule has 1 atom stereocenters. The SMILES string of the molecule is CN(Cc1ccccc1F)C1(CN)CSCCC1(C)C. The highest BCUT2D eigenvalue weighted by atomic mass is 32.2. The Hall–Kier alpha value is -0.580. The van der Waals surface area contributed by atoms with Gasteiger partial charge in [0.1, 0.15) is 5.82 Å². The molecule has 2 nitrogen and oxygen atoms in total. The Balaban J connectivity index is 2.25. The third kappa shape index (κ3) is 2.74. The zero-order valence-corrected chi connectivity index (χ0v) is 13.5. The van der Waals surface area contributed by atoms with Crippen molar-refractivity contribution in [3.63, 3.8) is 0 Å². The van der Waals surface area contributed by atoms with Gasteiger partial charge in [0, 0.05) is 29.9 Å². The normalized spacial score (nSPS) is 25.9. The van der Waals surface area contributed by atoms with Gasteiger partial charge >= 0.3 is 0 Å². The molecule has 1 aliphatic heterocycles. The van der Waals surface area contributed by atoms with Crippen LogP contribution >= 0.6 is 11.8 Å². The molecule has 0 aromatic heterocycles. The molecule has 1 aromatic rings. The molecule has 1 aromatic carbocycles. The second-order valence-corrected chi connectivity index (χ2v) is 7.47. The number of thioether (sulfide) groups is 1. The van der Waals surface area contributed by atoms with Gasteiger partial charge in [0.05, 0.1) is 0 Å². The number of likely N-dealkylation sites (N-methyl/N-ethyl adjacent to an activating group) is 1. The molecular formula is C16H25FN2S. The fraction of sp³-hybridized carbons (Fsp3) is 0.625. The number of halogens is 1. The summed E-state index contributed by atoms with van der Waals surface area (Å²) in [6.07, 6.45) is 1.15. The largest absolute Gasteiger partial charge is 0.329 e. The number of rotatable bonds is 4. The van der Waals surface area contributed by atoms with Crippen LogP contribution in [0.2, 0.25) is 0 Å². The fourth-order valence-corrected chi connectivity index (χ4v) is 5.01. The number of hydrogen-bond acceptors (Lipinski definition) is 3.